The van der Waals surface area contributed by atoms with Gasteiger partial charge < -0.3 is 16.0 Å². The Labute approximate surface area is 102 Å². The van der Waals surface area contributed by atoms with E-state index in [0.717, 1.165) is 52.4 Å². The van der Waals surface area contributed by atoms with Crippen LogP contribution in [0.15, 0.2) is 0 Å². The van der Waals surface area contributed by atoms with E-state index in [4.69, 9.17) is 5.84 Å². The zero-order valence-corrected chi connectivity index (χ0v) is 10.3. The summed E-state index contributed by atoms with van der Waals surface area (Å²) in [5, 5.41) is 10.0. The molecular formula is C10H24N6O. The number of hydrazine groups is 1. The van der Waals surface area contributed by atoms with E-state index >= 15 is 0 Å². The highest BCUT2D eigenvalue weighted by molar-refractivity contribution is 5.77. The van der Waals surface area contributed by atoms with Gasteiger partial charge in [-0.05, 0) is 0 Å². The van der Waals surface area contributed by atoms with Crippen LogP contribution in [-0.4, -0.2) is 69.7 Å². The molecular weight excluding hydrogens is 220 g/mol. The lowest BCUT2D eigenvalue weighted by molar-refractivity contribution is -0.122. The Hall–Kier alpha value is -0.730. The molecule has 1 amide bonds. The Bertz CT molecular complexity index is 201. The van der Waals surface area contributed by atoms with Crippen molar-refractivity contribution in [1.29, 1.82) is 0 Å². The first-order chi connectivity index (χ1) is 8.33. The second-order valence-corrected chi connectivity index (χ2v) is 4.09. The molecule has 7 nitrogen and oxygen atoms in total. The molecule has 0 spiro atoms. The molecule has 100 valence electrons. The monoisotopic (exact) mass is 244 g/mol. The van der Waals surface area contributed by atoms with Crippen molar-refractivity contribution in [3.05, 3.63) is 0 Å². The molecule has 1 heterocycles. The van der Waals surface area contributed by atoms with Gasteiger partial charge in [-0.2, -0.15) is 0 Å². The quantitative estimate of drug-likeness (QED) is 0.203. The third-order valence-corrected chi connectivity index (χ3v) is 2.69. The summed E-state index contributed by atoms with van der Waals surface area (Å²) in [7, 11) is 0. The molecule has 0 saturated carbocycles. The first-order valence-corrected chi connectivity index (χ1v) is 6.17. The number of amides is 1. The lowest BCUT2D eigenvalue weighted by atomic mass is 10.4. The summed E-state index contributed by atoms with van der Waals surface area (Å²) < 4.78 is 0. The Balaban J connectivity index is 2.29. The van der Waals surface area contributed by atoms with E-state index < -0.39 is 0 Å². The van der Waals surface area contributed by atoms with Crippen LogP contribution >= 0.6 is 0 Å². The van der Waals surface area contributed by atoms with Crippen LogP contribution in [0.5, 0.6) is 0 Å². The third-order valence-electron chi connectivity index (χ3n) is 2.69. The number of hydrogen-bond donors (Lipinski definition) is 5. The number of hydrogen-bond acceptors (Lipinski definition) is 6. The Morgan fingerprint density at radius 2 is 1.47 bits per heavy atom. The fraction of sp³-hybridized carbons (Fsp3) is 0.900. The third kappa shape index (κ3) is 7.24. The standard InChI is InChI=1S/C10H24N6O/c11-15-10(17)9-16-7-5-13-3-1-12-2-4-14-6-8-16/h12-14H,1-9,11H2,(H,15,17). The van der Waals surface area contributed by atoms with E-state index in [0.29, 0.717) is 6.54 Å². The smallest absolute Gasteiger partial charge is 0.248 e. The van der Waals surface area contributed by atoms with Crippen molar-refractivity contribution < 1.29 is 4.79 Å². The van der Waals surface area contributed by atoms with E-state index in [1.54, 1.807) is 0 Å². The normalized spacial score (nSPS) is 21.2. The number of nitrogens with two attached hydrogens (primary N) is 1. The van der Waals surface area contributed by atoms with E-state index in [-0.39, 0.29) is 5.91 Å². The second kappa shape index (κ2) is 9.32. The molecule has 17 heavy (non-hydrogen) atoms. The number of nitrogens with one attached hydrogen (secondary N) is 4. The molecule has 0 atom stereocenters. The van der Waals surface area contributed by atoms with Crippen molar-refractivity contribution in [2.45, 2.75) is 0 Å². The summed E-state index contributed by atoms with van der Waals surface area (Å²) in [4.78, 5) is 13.3. The van der Waals surface area contributed by atoms with Gasteiger partial charge in [0.2, 0.25) is 5.91 Å². The summed E-state index contributed by atoms with van der Waals surface area (Å²) in [6.07, 6.45) is 0. The van der Waals surface area contributed by atoms with Crippen LogP contribution in [0, 0.1) is 0 Å². The topological polar surface area (TPSA) is 94.5 Å². The van der Waals surface area contributed by atoms with Gasteiger partial charge in [-0.25, -0.2) is 5.84 Å². The Morgan fingerprint density at radius 3 is 1.94 bits per heavy atom. The largest absolute Gasteiger partial charge is 0.314 e. The molecule has 1 aliphatic rings. The lowest BCUT2D eigenvalue weighted by Crippen LogP contribution is -2.46. The van der Waals surface area contributed by atoms with Gasteiger partial charge in [0.1, 0.15) is 0 Å². The molecule has 7 heteroatoms. The average Bonchev–Trinajstić information content (AvgIpc) is 2.32. The van der Waals surface area contributed by atoms with Crippen LogP contribution in [0.25, 0.3) is 0 Å². The minimum atomic E-state index is -0.140. The molecule has 1 saturated heterocycles. The van der Waals surface area contributed by atoms with Crippen LogP contribution in [0.2, 0.25) is 0 Å². The fourth-order valence-corrected chi connectivity index (χ4v) is 1.72. The first kappa shape index (κ1) is 14.3. The van der Waals surface area contributed by atoms with Crippen LogP contribution in [0.3, 0.4) is 0 Å². The summed E-state index contributed by atoms with van der Waals surface area (Å²) in [6, 6.07) is 0. The summed E-state index contributed by atoms with van der Waals surface area (Å²) in [5.41, 5.74) is 2.17. The SMILES string of the molecule is NNC(=O)CN1CCNCCNCCNCC1. The minimum absolute atomic E-state index is 0.140. The van der Waals surface area contributed by atoms with Crippen LogP contribution < -0.4 is 27.2 Å². The van der Waals surface area contributed by atoms with Gasteiger partial charge in [0, 0.05) is 52.4 Å². The van der Waals surface area contributed by atoms with E-state index in [9.17, 15) is 4.79 Å². The molecule has 0 aromatic heterocycles. The maximum Gasteiger partial charge on any atom is 0.248 e. The second-order valence-electron chi connectivity index (χ2n) is 4.09. The molecule has 1 aliphatic heterocycles. The molecule has 0 aliphatic carbocycles. The summed E-state index contributed by atoms with van der Waals surface area (Å²) in [5.74, 6) is 4.95. The zero-order valence-electron chi connectivity index (χ0n) is 10.3. The van der Waals surface area contributed by atoms with Crippen LogP contribution in [-0.2, 0) is 4.79 Å². The van der Waals surface area contributed by atoms with Gasteiger partial charge in [0.05, 0.1) is 6.54 Å². The number of nitrogens with zero attached hydrogens (tertiary/aromatic N) is 1. The Kier molecular flexibility index (Phi) is 7.85. The highest BCUT2D eigenvalue weighted by atomic mass is 16.2. The fourth-order valence-electron chi connectivity index (χ4n) is 1.72. The van der Waals surface area contributed by atoms with E-state index in [2.05, 4.69) is 26.3 Å². The van der Waals surface area contributed by atoms with Gasteiger partial charge in [-0.15, -0.1) is 0 Å². The van der Waals surface area contributed by atoms with Crippen molar-refractivity contribution >= 4 is 5.91 Å². The van der Waals surface area contributed by atoms with Gasteiger partial charge in [-0.3, -0.25) is 15.1 Å². The van der Waals surface area contributed by atoms with Gasteiger partial charge >= 0.3 is 0 Å². The van der Waals surface area contributed by atoms with Crippen molar-refractivity contribution in [3.8, 4) is 0 Å². The van der Waals surface area contributed by atoms with Gasteiger partial charge in [0.25, 0.3) is 0 Å². The molecule has 0 bridgehead atoms. The molecule has 0 aromatic carbocycles. The van der Waals surface area contributed by atoms with Crippen molar-refractivity contribution in [1.82, 2.24) is 26.3 Å². The van der Waals surface area contributed by atoms with Crippen LogP contribution in [0.4, 0.5) is 0 Å². The number of carbonyl (C=O) groups excluding carboxylic acids is 1. The summed E-state index contributed by atoms with van der Waals surface area (Å²) >= 11 is 0. The zero-order chi connectivity index (χ0) is 12.3. The molecule has 0 unspecified atom stereocenters. The highest BCUT2D eigenvalue weighted by Gasteiger charge is 2.09. The molecule has 0 radical (unpaired) electrons. The first-order valence-electron chi connectivity index (χ1n) is 6.17. The predicted molar refractivity (Wildman–Crippen MR) is 67.4 cm³/mol. The van der Waals surface area contributed by atoms with Crippen molar-refractivity contribution in [2.24, 2.45) is 5.84 Å². The minimum Gasteiger partial charge on any atom is -0.314 e. The highest BCUT2D eigenvalue weighted by Crippen LogP contribution is 1.86. The number of rotatable bonds is 2. The maximum absolute atomic E-state index is 11.2. The van der Waals surface area contributed by atoms with Gasteiger partial charge in [-0.1, -0.05) is 0 Å². The predicted octanol–water partition coefficient (Wildman–Crippen LogP) is -2.94. The molecule has 6 N–H and O–H groups in total. The summed E-state index contributed by atoms with van der Waals surface area (Å²) in [6.45, 7) is 7.71. The van der Waals surface area contributed by atoms with Crippen molar-refractivity contribution in [2.75, 3.05) is 58.9 Å². The maximum atomic E-state index is 11.2. The number of carbonyl (C=O) groups is 1. The van der Waals surface area contributed by atoms with Crippen LogP contribution in [0.1, 0.15) is 0 Å². The molecule has 1 rings (SSSR count). The van der Waals surface area contributed by atoms with Gasteiger partial charge in [0.15, 0.2) is 0 Å². The average molecular weight is 244 g/mol. The Morgan fingerprint density at radius 1 is 1.00 bits per heavy atom. The molecule has 1 fully saturated rings. The van der Waals surface area contributed by atoms with E-state index in [1.807, 2.05) is 0 Å². The van der Waals surface area contributed by atoms with Crippen molar-refractivity contribution in [3.63, 3.8) is 0 Å². The lowest BCUT2D eigenvalue weighted by Gasteiger charge is -2.22. The molecule has 0 aromatic rings. The van der Waals surface area contributed by atoms with E-state index in [1.165, 1.54) is 0 Å².